The number of carbonyl (C=O) groups excluding carboxylic acids is 2. The van der Waals surface area contributed by atoms with E-state index in [0.29, 0.717) is 40.5 Å². The molecule has 2 fully saturated rings. The van der Waals surface area contributed by atoms with E-state index in [1.165, 1.54) is 19.2 Å². The van der Waals surface area contributed by atoms with Gasteiger partial charge in [0.05, 0.1) is 23.7 Å². The van der Waals surface area contributed by atoms with Gasteiger partial charge in [-0.1, -0.05) is 11.6 Å². The fraction of sp³-hybridized carbons (Fsp3) is 0.462. The molecular weight excluding hydrogens is 465 g/mol. The number of carbonyl (C=O) groups is 2. The Morgan fingerprint density at radius 1 is 1.19 bits per heavy atom. The van der Waals surface area contributed by atoms with Crippen molar-refractivity contribution in [3.05, 3.63) is 41.3 Å². The second kappa shape index (κ2) is 9.85. The first kappa shape index (κ1) is 24.2. The Labute approximate surface area is 207 Å². The van der Waals surface area contributed by atoms with Gasteiger partial charge in [-0.05, 0) is 51.2 Å². The normalized spacial score (nSPS) is 21.5. The van der Waals surface area contributed by atoms with Gasteiger partial charge in [0.2, 0.25) is 5.91 Å². The highest BCUT2D eigenvalue weighted by atomic mass is 19.1. The van der Waals surface area contributed by atoms with E-state index >= 15 is 0 Å². The molecule has 2 aromatic heterocycles. The number of nitrogens with one attached hydrogen (secondary N) is 3. The highest BCUT2D eigenvalue weighted by Gasteiger charge is 2.37. The number of aliphatic hydroxyl groups excluding tert-OH is 1. The maximum atomic E-state index is 14.6. The summed E-state index contributed by atoms with van der Waals surface area (Å²) in [5.41, 5.74) is 4.48. The summed E-state index contributed by atoms with van der Waals surface area (Å²) >= 11 is 0. The fourth-order valence-electron chi connectivity index (χ4n) is 4.82. The number of alkyl halides is 1. The van der Waals surface area contributed by atoms with Crippen LogP contribution in [0.4, 0.5) is 4.39 Å². The van der Waals surface area contributed by atoms with Gasteiger partial charge in [-0.2, -0.15) is 0 Å². The van der Waals surface area contributed by atoms with Gasteiger partial charge in [0, 0.05) is 23.7 Å². The SMILES string of the molecule is Cc1ccc(OCC2CC2)c(-c2ncnc3c(C(=O)N[C@@H]4C[C@@H](NC(=O)CO)C[C@H]4F)c(C)[nH]c23)c1. The number of aliphatic hydroxyl groups is 1. The van der Waals surface area contributed by atoms with Crippen molar-refractivity contribution in [2.45, 2.75) is 57.8 Å². The number of hydrogen-bond donors (Lipinski definition) is 4. The Hall–Kier alpha value is -3.53. The largest absolute Gasteiger partial charge is 0.493 e. The van der Waals surface area contributed by atoms with Crippen LogP contribution >= 0.6 is 0 Å². The Balaban J connectivity index is 1.42. The van der Waals surface area contributed by atoms with Crippen LogP contribution in [0.5, 0.6) is 5.75 Å². The molecular formula is C26H30FN5O4. The molecule has 2 aliphatic rings. The van der Waals surface area contributed by atoms with Crippen LogP contribution in [0, 0.1) is 19.8 Å². The van der Waals surface area contributed by atoms with Gasteiger partial charge in [0.1, 0.15) is 36.1 Å². The summed E-state index contributed by atoms with van der Waals surface area (Å²) in [5.74, 6) is 0.319. The van der Waals surface area contributed by atoms with Crippen LogP contribution in [0.15, 0.2) is 24.5 Å². The first-order chi connectivity index (χ1) is 17.3. The van der Waals surface area contributed by atoms with Crippen LogP contribution in [0.2, 0.25) is 0 Å². The molecule has 2 aliphatic carbocycles. The Kier molecular flexibility index (Phi) is 6.61. The second-order valence-corrected chi connectivity index (χ2v) is 9.81. The molecule has 3 atom stereocenters. The van der Waals surface area contributed by atoms with Crippen molar-refractivity contribution in [3.8, 4) is 17.0 Å². The van der Waals surface area contributed by atoms with E-state index in [2.05, 4.69) is 25.6 Å². The van der Waals surface area contributed by atoms with Crippen LogP contribution in [0.1, 0.15) is 47.3 Å². The number of rotatable bonds is 8. The molecule has 0 spiro atoms. The number of halogens is 1. The van der Waals surface area contributed by atoms with E-state index in [0.717, 1.165) is 16.9 Å². The standard InChI is InChI=1S/C26H30FN5O4/c1-13-3-6-20(36-11-15-4-5-15)17(7-13)23-25-24(29-12-28-23)22(14(2)30-25)26(35)32-19-9-16(8-18(19)27)31-21(34)10-33/h3,6-7,12,15-16,18-19,30,33H,4-5,8-11H2,1-2H3,(H,31,34)(H,32,35)/t16-,18+,19+/m0/s1. The van der Waals surface area contributed by atoms with Gasteiger partial charge >= 0.3 is 0 Å². The quantitative estimate of drug-likeness (QED) is 0.380. The topological polar surface area (TPSA) is 129 Å². The molecule has 2 amide bonds. The summed E-state index contributed by atoms with van der Waals surface area (Å²) in [5, 5.41) is 14.3. The minimum absolute atomic E-state index is 0.0763. The number of aromatic amines is 1. The van der Waals surface area contributed by atoms with E-state index < -0.39 is 36.7 Å². The summed E-state index contributed by atoms with van der Waals surface area (Å²) in [6, 6.07) is 4.74. The van der Waals surface area contributed by atoms with Crippen molar-refractivity contribution < 1.29 is 23.8 Å². The van der Waals surface area contributed by atoms with E-state index in [9.17, 15) is 14.0 Å². The third-order valence-electron chi connectivity index (χ3n) is 6.87. The molecule has 10 heteroatoms. The predicted octanol–water partition coefficient (Wildman–Crippen LogP) is 2.74. The van der Waals surface area contributed by atoms with Crippen LogP contribution < -0.4 is 15.4 Å². The molecule has 0 bridgehead atoms. The van der Waals surface area contributed by atoms with Crippen molar-refractivity contribution in [2.75, 3.05) is 13.2 Å². The lowest BCUT2D eigenvalue weighted by Gasteiger charge is -2.15. The van der Waals surface area contributed by atoms with E-state index in [4.69, 9.17) is 9.84 Å². The van der Waals surface area contributed by atoms with Gasteiger partial charge in [0.15, 0.2) is 0 Å². The van der Waals surface area contributed by atoms with Gasteiger partial charge in [-0.25, -0.2) is 14.4 Å². The second-order valence-electron chi connectivity index (χ2n) is 9.81. The van der Waals surface area contributed by atoms with Crippen LogP contribution in [0.3, 0.4) is 0 Å². The molecule has 5 rings (SSSR count). The van der Waals surface area contributed by atoms with E-state index in [1.807, 2.05) is 25.1 Å². The monoisotopic (exact) mass is 495 g/mol. The molecule has 4 N–H and O–H groups in total. The lowest BCUT2D eigenvalue weighted by atomic mass is 10.1. The summed E-state index contributed by atoms with van der Waals surface area (Å²) in [6.07, 6.45) is 2.79. The number of ether oxygens (including phenoxy) is 1. The zero-order valence-corrected chi connectivity index (χ0v) is 20.3. The van der Waals surface area contributed by atoms with Gasteiger partial charge in [0.25, 0.3) is 5.91 Å². The maximum absolute atomic E-state index is 14.6. The van der Waals surface area contributed by atoms with Crippen LogP contribution in [-0.4, -0.2) is 63.3 Å². The first-order valence-electron chi connectivity index (χ1n) is 12.3. The lowest BCUT2D eigenvalue weighted by molar-refractivity contribution is -0.124. The van der Waals surface area contributed by atoms with Crippen molar-refractivity contribution >= 4 is 22.8 Å². The Bertz CT molecular complexity index is 1300. The van der Waals surface area contributed by atoms with Crippen molar-refractivity contribution in [1.82, 2.24) is 25.6 Å². The number of hydrogen-bond acceptors (Lipinski definition) is 6. The molecule has 0 unspecified atom stereocenters. The predicted molar refractivity (Wildman–Crippen MR) is 131 cm³/mol. The van der Waals surface area contributed by atoms with E-state index in [-0.39, 0.29) is 12.8 Å². The average molecular weight is 496 g/mol. The van der Waals surface area contributed by atoms with Crippen LogP contribution in [0.25, 0.3) is 22.3 Å². The lowest BCUT2D eigenvalue weighted by Crippen LogP contribution is -2.40. The van der Waals surface area contributed by atoms with Crippen molar-refractivity contribution in [3.63, 3.8) is 0 Å². The van der Waals surface area contributed by atoms with Crippen molar-refractivity contribution in [2.24, 2.45) is 5.92 Å². The zero-order valence-electron chi connectivity index (χ0n) is 20.3. The number of fused-ring (bicyclic) bond motifs is 1. The Morgan fingerprint density at radius 3 is 2.75 bits per heavy atom. The number of nitrogens with zero attached hydrogens (tertiary/aromatic N) is 2. The number of amides is 2. The summed E-state index contributed by atoms with van der Waals surface area (Å²) < 4.78 is 20.7. The summed E-state index contributed by atoms with van der Waals surface area (Å²) in [6.45, 7) is 3.77. The molecule has 36 heavy (non-hydrogen) atoms. The molecule has 0 radical (unpaired) electrons. The average Bonchev–Trinajstić information content (AvgIpc) is 3.53. The summed E-state index contributed by atoms with van der Waals surface area (Å²) in [7, 11) is 0. The fourth-order valence-corrected chi connectivity index (χ4v) is 4.82. The summed E-state index contributed by atoms with van der Waals surface area (Å²) in [4.78, 5) is 36.9. The molecule has 0 aliphatic heterocycles. The smallest absolute Gasteiger partial charge is 0.255 e. The van der Waals surface area contributed by atoms with E-state index in [1.54, 1.807) is 6.92 Å². The molecule has 2 heterocycles. The number of benzene rings is 1. The number of H-pyrrole nitrogens is 1. The highest BCUT2D eigenvalue weighted by Crippen LogP contribution is 2.37. The number of aryl methyl sites for hydroxylation is 2. The molecule has 3 aromatic rings. The molecule has 190 valence electrons. The third-order valence-corrected chi connectivity index (χ3v) is 6.87. The zero-order chi connectivity index (χ0) is 25.4. The molecule has 1 aromatic carbocycles. The minimum atomic E-state index is -1.31. The van der Waals surface area contributed by atoms with Gasteiger partial charge < -0.3 is 25.5 Å². The molecule has 2 saturated carbocycles. The van der Waals surface area contributed by atoms with Gasteiger partial charge in [-0.3, -0.25) is 9.59 Å². The maximum Gasteiger partial charge on any atom is 0.255 e. The third kappa shape index (κ3) is 4.90. The van der Waals surface area contributed by atoms with Gasteiger partial charge in [-0.15, -0.1) is 0 Å². The highest BCUT2D eigenvalue weighted by molar-refractivity contribution is 6.09. The Morgan fingerprint density at radius 2 is 2.00 bits per heavy atom. The van der Waals surface area contributed by atoms with Crippen LogP contribution in [-0.2, 0) is 4.79 Å². The minimum Gasteiger partial charge on any atom is -0.493 e. The first-order valence-corrected chi connectivity index (χ1v) is 12.3. The molecule has 9 nitrogen and oxygen atoms in total. The van der Waals surface area contributed by atoms with Crippen molar-refractivity contribution in [1.29, 1.82) is 0 Å². The molecule has 0 saturated heterocycles. The number of aromatic nitrogens is 3.